The number of aryl methyl sites for hydroxylation is 1. The zero-order valence-electron chi connectivity index (χ0n) is 17.1. The van der Waals surface area contributed by atoms with Crippen molar-refractivity contribution in [2.75, 3.05) is 53.6 Å². The Hall–Kier alpha value is -1.06. The molecule has 0 aliphatic carbocycles. The quantitative estimate of drug-likeness (QED) is 0.254. The van der Waals surface area contributed by atoms with E-state index in [1.165, 1.54) is 5.56 Å². The van der Waals surface area contributed by atoms with Gasteiger partial charge in [0.15, 0.2) is 5.96 Å². The molecule has 1 heterocycles. The molecule has 154 valence electrons. The molecule has 2 rings (SSSR count). The average Bonchev–Trinajstić information content (AvgIpc) is 2.68. The van der Waals surface area contributed by atoms with E-state index in [1.54, 1.807) is 7.11 Å². The number of methoxy groups -OCH3 is 1. The highest BCUT2D eigenvalue weighted by molar-refractivity contribution is 14.0. The van der Waals surface area contributed by atoms with E-state index in [9.17, 15) is 0 Å². The van der Waals surface area contributed by atoms with Crippen molar-refractivity contribution in [3.8, 4) is 5.75 Å². The number of rotatable bonds is 8. The molecule has 1 aliphatic rings. The lowest BCUT2D eigenvalue weighted by atomic mass is 10.0. The fourth-order valence-electron chi connectivity index (χ4n) is 3.13. The number of nitrogens with zero attached hydrogens (tertiary/aromatic N) is 2. The average molecular weight is 490 g/mol. The highest BCUT2D eigenvalue weighted by Crippen LogP contribution is 2.15. The van der Waals surface area contributed by atoms with Gasteiger partial charge in [-0.1, -0.05) is 12.1 Å². The highest BCUT2D eigenvalue weighted by atomic mass is 127. The first-order valence-electron chi connectivity index (χ1n) is 9.45. The van der Waals surface area contributed by atoms with Crippen LogP contribution in [0.25, 0.3) is 0 Å². The van der Waals surface area contributed by atoms with Crippen molar-refractivity contribution in [1.82, 2.24) is 15.5 Å². The lowest BCUT2D eigenvalue weighted by molar-refractivity contribution is -0.00833. The van der Waals surface area contributed by atoms with Crippen molar-refractivity contribution in [3.05, 3.63) is 29.8 Å². The number of morpholine rings is 1. The number of nitrogens with one attached hydrogen (secondary N) is 2. The molecule has 0 spiro atoms. The molecular weight excluding hydrogens is 455 g/mol. The van der Waals surface area contributed by atoms with Gasteiger partial charge in [0.05, 0.1) is 20.3 Å². The second-order valence-electron chi connectivity index (χ2n) is 7.22. The van der Waals surface area contributed by atoms with Crippen molar-refractivity contribution in [1.29, 1.82) is 0 Å². The summed E-state index contributed by atoms with van der Waals surface area (Å²) in [6.45, 7) is 9.88. The molecule has 1 saturated heterocycles. The van der Waals surface area contributed by atoms with Crippen LogP contribution >= 0.6 is 24.0 Å². The Morgan fingerprint density at radius 1 is 1.26 bits per heavy atom. The van der Waals surface area contributed by atoms with Gasteiger partial charge in [-0.15, -0.1) is 24.0 Å². The molecule has 0 saturated carbocycles. The number of halogens is 1. The molecule has 0 amide bonds. The van der Waals surface area contributed by atoms with Crippen LogP contribution in [0.5, 0.6) is 5.75 Å². The number of hydrogen-bond donors (Lipinski definition) is 2. The second-order valence-corrected chi connectivity index (χ2v) is 7.22. The molecule has 0 bridgehead atoms. The van der Waals surface area contributed by atoms with Crippen molar-refractivity contribution in [2.24, 2.45) is 4.99 Å². The second kappa shape index (κ2) is 12.4. The summed E-state index contributed by atoms with van der Waals surface area (Å²) in [6.07, 6.45) is 2.06. The third kappa shape index (κ3) is 8.23. The standard InChI is InChI=1S/C20H34N4O2.HI/c1-20(2,24-11-13-26-14-12-24)16-23-19(21-3)22-10-6-8-17-7-5-9-18(15-17)25-4;/h5,7,9,15H,6,8,10-14,16H2,1-4H3,(H2,21,22,23);1H. The normalized spacial score (nSPS) is 15.8. The molecule has 1 aromatic rings. The Bertz CT molecular complexity index is 575. The van der Waals surface area contributed by atoms with Gasteiger partial charge in [0.25, 0.3) is 0 Å². The Kier molecular flexibility index (Phi) is 11.0. The van der Waals surface area contributed by atoms with Crippen molar-refractivity contribution >= 4 is 29.9 Å². The van der Waals surface area contributed by atoms with Crippen molar-refractivity contribution < 1.29 is 9.47 Å². The lowest BCUT2D eigenvalue weighted by Crippen LogP contribution is -2.56. The molecule has 2 N–H and O–H groups in total. The smallest absolute Gasteiger partial charge is 0.191 e. The zero-order chi connectivity index (χ0) is 18.8. The van der Waals surface area contributed by atoms with Gasteiger partial charge < -0.3 is 20.1 Å². The van der Waals surface area contributed by atoms with E-state index in [2.05, 4.69) is 46.5 Å². The number of aliphatic imine (C=N–C) groups is 1. The van der Waals surface area contributed by atoms with Gasteiger partial charge in [-0.25, -0.2) is 0 Å². The van der Waals surface area contributed by atoms with Gasteiger partial charge >= 0.3 is 0 Å². The maximum Gasteiger partial charge on any atom is 0.191 e. The molecule has 0 aromatic heterocycles. The summed E-state index contributed by atoms with van der Waals surface area (Å²) < 4.78 is 10.7. The Morgan fingerprint density at radius 2 is 2.00 bits per heavy atom. The first-order chi connectivity index (χ1) is 12.5. The van der Waals surface area contributed by atoms with Gasteiger partial charge in [0.2, 0.25) is 0 Å². The predicted octanol–water partition coefficient (Wildman–Crippen LogP) is 2.52. The van der Waals surface area contributed by atoms with E-state index < -0.39 is 0 Å². The molecular formula is C20H35IN4O2. The minimum atomic E-state index is 0. The Morgan fingerprint density at radius 3 is 2.67 bits per heavy atom. The van der Waals surface area contributed by atoms with Crippen LogP contribution in [0.4, 0.5) is 0 Å². The largest absolute Gasteiger partial charge is 0.497 e. The molecule has 0 atom stereocenters. The van der Waals surface area contributed by atoms with Crippen LogP contribution < -0.4 is 15.4 Å². The van der Waals surface area contributed by atoms with Crippen LogP contribution in [0.1, 0.15) is 25.8 Å². The molecule has 1 aliphatic heterocycles. The van der Waals surface area contributed by atoms with Gasteiger partial charge in [0.1, 0.15) is 5.75 Å². The summed E-state index contributed by atoms with van der Waals surface area (Å²) in [6, 6.07) is 8.25. The van der Waals surface area contributed by atoms with Gasteiger partial charge in [0, 0.05) is 38.8 Å². The van der Waals surface area contributed by atoms with E-state index >= 15 is 0 Å². The summed E-state index contributed by atoms with van der Waals surface area (Å²) in [4.78, 5) is 6.81. The molecule has 1 aromatic carbocycles. The van der Waals surface area contributed by atoms with Gasteiger partial charge in [-0.3, -0.25) is 9.89 Å². The molecule has 6 nitrogen and oxygen atoms in total. The van der Waals surface area contributed by atoms with E-state index in [0.717, 1.165) is 63.9 Å². The third-order valence-electron chi connectivity index (χ3n) is 4.85. The SMILES string of the molecule is CN=C(NCCCc1cccc(OC)c1)NCC(C)(C)N1CCOCC1.I. The minimum Gasteiger partial charge on any atom is -0.497 e. The molecule has 1 fully saturated rings. The predicted molar refractivity (Wildman–Crippen MR) is 123 cm³/mol. The highest BCUT2D eigenvalue weighted by Gasteiger charge is 2.28. The number of guanidine groups is 1. The van der Waals surface area contributed by atoms with Crippen molar-refractivity contribution in [3.63, 3.8) is 0 Å². The van der Waals surface area contributed by atoms with Crippen molar-refractivity contribution in [2.45, 2.75) is 32.2 Å². The van der Waals surface area contributed by atoms with Crippen LogP contribution in [0.15, 0.2) is 29.3 Å². The van der Waals surface area contributed by atoms with E-state index in [0.29, 0.717) is 0 Å². The summed E-state index contributed by atoms with van der Waals surface area (Å²) in [5.41, 5.74) is 1.37. The van der Waals surface area contributed by atoms with Crippen LogP contribution in [0, 0.1) is 0 Å². The fraction of sp³-hybridized carbons (Fsp3) is 0.650. The first kappa shape index (κ1) is 24.0. The maximum atomic E-state index is 5.45. The lowest BCUT2D eigenvalue weighted by Gasteiger charge is -2.41. The monoisotopic (exact) mass is 490 g/mol. The number of ether oxygens (including phenoxy) is 2. The first-order valence-corrected chi connectivity index (χ1v) is 9.45. The summed E-state index contributed by atoms with van der Waals surface area (Å²) >= 11 is 0. The summed E-state index contributed by atoms with van der Waals surface area (Å²) in [7, 11) is 3.52. The third-order valence-corrected chi connectivity index (χ3v) is 4.85. The number of benzene rings is 1. The van der Waals surface area contributed by atoms with E-state index in [-0.39, 0.29) is 29.5 Å². The summed E-state index contributed by atoms with van der Waals surface area (Å²) in [5, 5.41) is 6.87. The fourth-order valence-corrected chi connectivity index (χ4v) is 3.13. The topological polar surface area (TPSA) is 58.1 Å². The summed E-state index contributed by atoms with van der Waals surface area (Å²) in [5.74, 6) is 1.77. The minimum absolute atomic E-state index is 0. The zero-order valence-corrected chi connectivity index (χ0v) is 19.4. The van der Waals surface area contributed by atoms with Crippen LogP contribution in [0.3, 0.4) is 0 Å². The molecule has 7 heteroatoms. The van der Waals surface area contributed by atoms with E-state index in [1.807, 2.05) is 19.2 Å². The van der Waals surface area contributed by atoms with Gasteiger partial charge in [-0.05, 0) is 44.4 Å². The Balaban J connectivity index is 0.00000364. The number of hydrogen-bond acceptors (Lipinski definition) is 4. The van der Waals surface area contributed by atoms with Crippen LogP contribution in [-0.4, -0.2) is 69.9 Å². The van der Waals surface area contributed by atoms with Crippen LogP contribution in [-0.2, 0) is 11.2 Å². The van der Waals surface area contributed by atoms with E-state index in [4.69, 9.17) is 9.47 Å². The van der Waals surface area contributed by atoms with Crippen LogP contribution in [0.2, 0.25) is 0 Å². The Labute approximate surface area is 181 Å². The molecule has 27 heavy (non-hydrogen) atoms. The van der Waals surface area contributed by atoms with Gasteiger partial charge in [-0.2, -0.15) is 0 Å². The molecule has 0 radical (unpaired) electrons. The maximum absolute atomic E-state index is 5.45. The molecule has 0 unspecified atom stereocenters.